The number of nitrogens with zero attached hydrogens (tertiary/aromatic N) is 3. The molecule has 0 bridgehead atoms. The Morgan fingerprint density at radius 1 is 1.11 bits per heavy atom. The number of nitrogens with one attached hydrogen (secondary N) is 1. The molecule has 2 heterocycles. The van der Waals surface area contributed by atoms with E-state index >= 15 is 0 Å². The fourth-order valence-electron chi connectivity index (χ4n) is 4.58. The van der Waals surface area contributed by atoms with E-state index in [0.29, 0.717) is 29.9 Å². The molecular formula is C25H36N4O5S. The van der Waals surface area contributed by atoms with E-state index in [9.17, 15) is 18.0 Å². The van der Waals surface area contributed by atoms with Gasteiger partial charge in [0.25, 0.3) is 0 Å². The zero-order valence-corrected chi connectivity index (χ0v) is 22.5. The van der Waals surface area contributed by atoms with Crippen molar-refractivity contribution >= 4 is 33.3 Å². The Hall–Kier alpha value is -2.85. The van der Waals surface area contributed by atoms with Crippen molar-refractivity contribution in [2.24, 2.45) is 13.0 Å². The van der Waals surface area contributed by atoms with E-state index in [4.69, 9.17) is 4.74 Å². The van der Waals surface area contributed by atoms with Gasteiger partial charge >= 0.3 is 5.97 Å². The van der Waals surface area contributed by atoms with E-state index in [1.165, 1.54) is 4.31 Å². The van der Waals surface area contributed by atoms with E-state index in [2.05, 4.69) is 5.32 Å². The van der Waals surface area contributed by atoms with Gasteiger partial charge in [-0.1, -0.05) is 6.07 Å². The number of carbonyl (C=O) groups excluding carboxylic acids is 2. The number of hydrogen-bond donors (Lipinski definition) is 1. The van der Waals surface area contributed by atoms with Crippen molar-refractivity contribution < 1.29 is 22.7 Å². The summed E-state index contributed by atoms with van der Waals surface area (Å²) >= 11 is 0. The molecule has 35 heavy (non-hydrogen) atoms. The van der Waals surface area contributed by atoms with Crippen molar-refractivity contribution in [3.8, 4) is 0 Å². The van der Waals surface area contributed by atoms with Crippen LogP contribution in [0.4, 0.5) is 11.4 Å². The monoisotopic (exact) mass is 504 g/mol. The maximum atomic E-state index is 13.6. The van der Waals surface area contributed by atoms with Crippen molar-refractivity contribution in [1.82, 2.24) is 8.87 Å². The Kier molecular flexibility index (Phi) is 7.96. The minimum atomic E-state index is -3.94. The fourth-order valence-corrected chi connectivity index (χ4v) is 6.53. The topological polar surface area (TPSA) is 101 Å². The largest absolute Gasteiger partial charge is 0.462 e. The minimum Gasteiger partial charge on any atom is -0.462 e. The third-order valence-corrected chi connectivity index (χ3v) is 8.84. The zero-order chi connectivity index (χ0) is 26.1. The molecule has 1 aliphatic heterocycles. The van der Waals surface area contributed by atoms with Crippen LogP contribution in [-0.4, -0.2) is 63.0 Å². The molecule has 0 atom stereocenters. The van der Waals surface area contributed by atoms with Crippen LogP contribution in [0, 0.1) is 26.7 Å². The lowest BCUT2D eigenvalue weighted by molar-refractivity contribution is -0.120. The van der Waals surface area contributed by atoms with E-state index in [1.54, 1.807) is 32.4 Å². The third kappa shape index (κ3) is 5.23. The molecule has 2 aromatic rings. The molecule has 0 radical (unpaired) electrons. The smallest absolute Gasteiger partial charge is 0.341 e. The molecule has 1 N–H and O–H groups in total. The number of hydrogen-bond acceptors (Lipinski definition) is 6. The highest BCUT2D eigenvalue weighted by atomic mass is 32.2. The van der Waals surface area contributed by atoms with E-state index < -0.39 is 16.0 Å². The van der Waals surface area contributed by atoms with Crippen molar-refractivity contribution in [1.29, 1.82) is 0 Å². The number of piperidine rings is 1. The lowest BCUT2D eigenvalue weighted by atomic mass is 9.97. The third-order valence-electron chi connectivity index (χ3n) is 6.78. The molecule has 192 valence electrons. The van der Waals surface area contributed by atoms with Gasteiger partial charge in [-0.2, -0.15) is 4.31 Å². The molecule has 0 unspecified atom stereocenters. The second kappa shape index (κ2) is 10.4. The second-order valence-electron chi connectivity index (χ2n) is 9.22. The van der Waals surface area contributed by atoms with Crippen LogP contribution in [0.5, 0.6) is 0 Å². The maximum Gasteiger partial charge on any atom is 0.341 e. The second-order valence-corrected chi connectivity index (χ2v) is 11.1. The van der Waals surface area contributed by atoms with Gasteiger partial charge in [0, 0.05) is 62.9 Å². The lowest BCUT2D eigenvalue weighted by Gasteiger charge is -2.31. The quantitative estimate of drug-likeness (QED) is 0.581. The summed E-state index contributed by atoms with van der Waals surface area (Å²) < 4.78 is 35.4. The predicted octanol–water partition coefficient (Wildman–Crippen LogP) is 3.23. The predicted molar refractivity (Wildman–Crippen MR) is 136 cm³/mol. The standard InChI is InChI=1S/C25H36N4O5S/c1-8-34-25(31)22-17(3)28(7)18(4)23(22)35(32,33)29-13-11-19(12-14-29)24(30)26-20-10-9-16(2)21(15-20)27(5)6/h9-10,15,19H,8,11-14H2,1-7H3,(H,26,30). The molecular weight excluding hydrogens is 468 g/mol. The molecule has 1 amide bonds. The Morgan fingerprint density at radius 2 is 1.74 bits per heavy atom. The number of amides is 1. The van der Waals surface area contributed by atoms with Gasteiger partial charge in [-0.25, -0.2) is 13.2 Å². The van der Waals surface area contributed by atoms with Gasteiger partial charge in [-0.05, 0) is 58.2 Å². The average Bonchev–Trinajstić information content (AvgIpc) is 3.04. The zero-order valence-electron chi connectivity index (χ0n) is 21.6. The molecule has 1 fully saturated rings. The van der Waals surface area contributed by atoms with Crippen molar-refractivity contribution in [3.05, 3.63) is 40.7 Å². The normalized spacial score (nSPS) is 15.2. The Morgan fingerprint density at radius 3 is 2.31 bits per heavy atom. The average molecular weight is 505 g/mol. The summed E-state index contributed by atoms with van der Waals surface area (Å²) in [5.74, 6) is -1.06. The van der Waals surface area contributed by atoms with Gasteiger partial charge in [0.2, 0.25) is 15.9 Å². The van der Waals surface area contributed by atoms with Crippen molar-refractivity contribution in [2.75, 3.05) is 44.0 Å². The molecule has 1 aromatic heterocycles. The highest BCUT2D eigenvalue weighted by Gasteiger charge is 2.38. The first-order valence-corrected chi connectivity index (χ1v) is 13.3. The highest BCUT2D eigenvalue weighted by molar-refractivity contribution is 7.89. The summed E-state index contributed by atoms with van der Waals surface area (Å²) in [6.07, 6.45) is 0.800. The van der Waals surface area contributed by atoms with E-state index in [0.717, 1.165) is 11.3 Å². The van der Waals surface area contributed by atoms with Crippen LogP contribution < -0.4 is 10.2 Å². The molecule has 1 aliphatic rings. The van der Waals surface area contributed by atoms with Crippen LogP contribution >= 0.6 is 0 Å². The lowest BCUT2D eigenvalue weighted by Crippen LogP contribution is -2.42. The number of rotatable bonds is 7. The molecule has 0 saturated carbocycles. The van der Waals surface area contributed by atoms with Gasteiger partial charge in [-0.15, -0.1) is 0 Å². The molecule has 9 nitrogen and oxygen atoms in total. The molecule has 10 heteroatoms. The van der Waals surface area contributed by atoms with Crippen LogP contribution in [0.25, 0.3) is 0 Å². The number of esters is 1. The summed E-state index contributed by atoms with van der Waals surface area (Å²) in [4.78, 5) is 27.5. The fraction of sp³-hybridized carbons (Fsp3) is 0.520. The SMILES string of the molecule is CCOC(=O)c1c(S(=O)(=O)N2CCC(C(=O)Nc3ccc(C)c(N(C)C)c3)CC2)c(C)n(C)c1C. The van der Waals surface area contributed by atoms with Crippen LogP contribution in [0.2, 0.25) is 0 Å². The Bertz CT molecular complexity index is 1220. The first-order chi connectivity index (χ1) is 16.4. The summed E-state index contributed by atoms with van der Waals surface area (Å²) in [5, 5.41) is 2.98. The van der Waals surface area contributed by atoms with E-state index in [1.807, 2.05) is 44.1 Å². The minimum absolute atomic E-state index is 0.00489. The molecule has 0 aliphatic carbocycles. The van der Waals surface area contributed by atoms with Gasteiger partial charge < -0.3 is 19.5 Å². The highest BCUT2D eigenvalue weighted by Crippen LogP contribution is 2.32. The number of anilines is 2. The number of ether oxygens (including phenoxy) is 1. The summed E-state index contributed by atoms with van der Waals surface area (Å²) in [7, 11) is 1.69. The van der Waals surface area contributed by atoms with Gasteiger partial charge in [0.15, 0.2) is 0 Å². The number of aryl methyl sites for hydroxylation is 1. The summed E-state index contributed by atoms with van der Waals surface area (Å²) in [5.41, 5.74) is 3.97. The number of carbonyl (C=O) groups is 2. The van der Waals surface area contributed by atoms with Crippen LogP contribution in [0.1, 0.15) is 47.1 Å². The molecule has 3 rings (SSSR count). The summed E-state index contributed by atoms with van der Waals surface area (Å²) in [6.45, 7) is 7.66. The summed E-state index contributed by atoms with van der Waals surface area (Å²) in [6, 6.07) is 5.77. The first-order valence-electron chi connectivity index (χ1n) is 11.8. The first kappa shape index (κ1) is 26.7. The molecule has 1 saturated heterocycles. The number of sulfonamides is 1. The Balaban J connectivity index is 1.75. The molecule has 0 spiro atoms. The van der Waals surface area contributed by atoms with Crippen molar-refractivity contribution in [2.45, 2.75) is 45.4 Å². The van der Waals surface area contributed by atoms with Gasteiger partial charge in [0.05, 0.1) is 6.61 Å². The van der Waals surface area contributed by atoms with Crippen LogP contribution in [0.15, 0.2) is 23.1 Å². The van der Waals surface area contributed by atoms with Gasteiger partial charge in [-0.3, -0.25) is 4.79 Å². The Labute approximate surface area is 208 Å². The van der Waals surface area contributed by atoms with Crippen LogP contribution in [0.3, 0.4) is 0 Å². The van der Waals surface area contributed by atoms with Crippen molar-refractivity contribution in [3.63, 3.8) is 0 Å². The van der Waals surface area contributed by atoms with E-state index in [-0.39, 0.29) is 42.0 Å². The maximum absolute atomic E-state index is 13.6. The number of aromatic nitrogens is 1. The van der Waals surface area contributed by atoms with Crippen LogP contribution in [-0.2, 0) is 26.6 Å². The van der Waals surface area contributed by atoms with Gasteiger partial charge in [0.1, 0.15) is 10.5 Å². The molecule has 1 aromatic carbocycles. The number of benzene rings is 1.